The summed E-state index contributed by atoms with van der Waals surface area (Å²) in [6.07, 6.45) is 6.47. The molecule has 1 fully saturated rings. The third-order valence-electron chi connectivity index (χ3n) is 6.33. The van der Waals surface area contributed by atoms with Gasteiger partial charge in [0.15, 0.2) is 0 Å². The molecule has 6 heteroatoms. The van der Waals surface area contributed by atoms with Crippen molar-refractivity contribution in [2.24, 2.45) is 11.8 Å². The van der Waals surface area contributed by atoms with E-state index in [4.69, 9.17) is 0 Å². The van der Waals surface area contributed by atoms with E-state index in [2.05, 4.69) is 38.1 Å². The molecule has 1 aliphatic carbocycles. The number of anilines is 1. The van der Waals surface area contributed by atoms with E-state index in [1.54, 1.807) is 0 Å². The summed E-state index contributed by atoms with van der Waals surface area (Å²) in [6, 6.07) is 15.6. The lowest BCUT2D eigenvalue weighted by Crippen LogP contribution is -2.31. The fraction of sp³-hybridized carbons (Fsp3) is 0.444. The number of para-hydroxylation sites is 1. The van der Waals surface area contributed by atoms with Gasteiger partial charge in [0.1, 0.15) is 11.6 Å². The Morgan fingerprint density at radius 2 is 1.64 bits per heavy atom. The van der Waals surface area contributed by atoms with Crippen molar-refractivity contribution in [3.63, 3.8) is 0 Å². The molecule has 176 valence electrons. The lowest BCUT2D eigenvalue weighted by molar-refractivity contribution is 0.0940. The Balaban J connectivity index is 0.000000194. The number of nitrogens with one attached hydrogen (secondary N) is 1. The zero-order valence-corrected chi connectivity index (χ0v) is 21.7. The van der Waals surface area contributed by atoms with Gasteiger partial charge < -0.3 is 10.2 Å². The molecule has 33 heavy (non-hydrogen) atoms. The van der Waals surface area contributed by atoms with Crippen LogP contribution < -0.4 is 10.2 Å². The normalized spacial score (nSPS) is 17.7. The van der Waals surface area contributed by atoms with Crippen LogP contribution in [0.3, 0.4) is 0 Å². The van der Waals surface area contributed by atoms with Gasteiger partial charge in [0.25, 0.3) is 5.91 Å². The molecular formula is C27H35BrN4O. The molecular weight excluding hydrogens is 476 g/mol. The Bertz CT molecular complexity index is 1060. The Hall–Kier alpha value is -2.47. The van der Waals surface area contributed by atoms with Gasteiger partial charge in [0, 0.05) is 30.5 Å². The lowest BCUT2D eigenvalue weighted by atomic mass is 9.81. The van der Waals surface area contributed by atoms with Crippen LogP contribution in [-0.2, 0) is 0 Å². The van der Waals surface area contributed by atoms with Gasteiger partial charge in [-0.25, -0.2) is 9.97 Å². The van der Waals surface area contributed by atoms with Crippen LogP contribution in [0.15, 0.2) is 53.0 Å². The fourth-order valence-electron chi connectivity index (χ4n) is 4.34. The minimum absolute atomic E-state index is 0.0325. The number of hydrogen-bond acceptors (Lipinski definition) is 4. The molecule has 1 aliphatic rings. The molecule has 2 aromatic carbocycles. The highest BCUT2D eigenvalue weighted by Gasteiger charge is 2.20. The molecule has 0 atom stereocenters. The summed E-state index contributed by atoms with van der Waals surface area (Å²) in [5, 5.41) is 4.17. The number of fused-ring (bicyclic) bond motifs is 1. The first-order valence-corrected chi connectivity index (χ1v) is 12.6. The van der Waals surface area contributed by atoms with E-state index in [1.807, 2.05) is 74.4 Å². The highest BCUT2D eigenvalue weighted by atomic mass is 79.9. The van der Waals surface area contributed by atoms with Crippen molar-refractivity contribution < 1.29 is 4.79 Å². The minimum atomic E-state index is 0.0325. The fourth-order valence-corrected chi connectivity index (χ4v) is 4.80. The summed E-state index contributed by atoms with van der Waals surface area (Å²) in [7, 11) is 3.99. The molecule has 1 amide bonds. The number of nitrogens with zero attached hydrogens (tertiary/aromatic N) is 3. The summed E-state index contributed by atoms with van der Waals surface area (Å²) in [4.78, 5) is 22.9. The number of carbonyl (C=O) groups excluding carboxylic acids is 1. The molecule has 1 N–H and O–H groups in total. The molecule has 0 bridgehead atoms. The Labute approximate surface area is 206 Å². The molecule has 0 unspecified atom stereocenters. The van der Waals surface area contributed by atoms with Crippen molar-refractivity contribution in [3.8, 4) is 0 Å². The van der Waals surface area contributed by atoms with Crippen molar-refractivity contribution in [3.05, 3.63) is 64.4 Å². The SMILES string of the molecule is CCC1CCC(CNC(=O)c2ccccc2Br)CC1.Cc1nc(N(C)C)c2ccccc2n1. The minimum Gasteiger partial charge on any atom is -0.362 e. The zero-order valence-electron chi connectivity index (χ0n) is 20.1. The molecule has 1 aromatic heterocycles. The third-order valence-corrected chi connectivity index (χ3v) is 7.02. The summed E-state index contributed by atoms with van der Waals surface area (Å²) < 4.78 is 0.863. The van der Waals surface area contributed by atoms with Crippen LogP contribution >= 0.6 is 15.9 Å². The summed E-state index contributed by atoms with van der Waals surface area (Å²) in [5.41, 5.74) is 1.73. The molecule has 3 aromatic rings. The first-order valence-electron chi connectivity index (χ1n) is 11.8. The van der Waals surface area contributed by atoms with Gasteiger partial charge in [-0.3, -0.25) is 4.79 Å². The number of halogens is 1. The molecule has 0 aliphatic heterocycles. The molecule has 4 rings (SSSR count). The van der Waals surface area contributed by atoms with Gasteiger partial charge in [-0.15, -0.1) is 0 Å². The number of amides is 1. The van der Waals surface area contributed by atoms with E-state index >= 15 is 0 Å². The molecule has 5 nitrogen and oxygen atoms in total. The van der Waals surface area contributed by atoms with Crippen molar-refractivity contribution in [2.75, 3.05) is 25.5 Å². The second-order valence-electron chi connectivity index (χ2n) is 8.99. The number of benzene rings is 2. The van der Waals surface area contributed by atoms with Crippen molar-refractivity contribution >= 4 is 38.6 Å². The highest BCUT2D eigenvalue weighted by molar-refractivity contribution is 9.10. The van der Waals surface area contributed by atoms with Gasteiger partial charge in [-0.1, -0.05) is 50.5 Å². The Morgan fingerprint density at radius 1 is 1.00 bits per heavy atom. The predicted molar refractivity (Wildman–Crippen MR) is 141 cm³/mol. The first-order chi connectivity index (χ1) is 15.9. The zero-order chi connectivity index (χ0) is 23.8. The molecule has 0 radical (unpaired) electrons. The summed E-state index contributed by atoms with van der Waals surface area (Å²) in [6.45, 7) is 5.01. The van der Waals surface area contributed by atoms with Crippen LogP contribution in [0.5, 0.6) is 0 Å². The van der Waals surface area contributed by atoms with E-state index in [-0.39, 0.29) is 5.91 Å². The smallest absolute Gasteiger partial charge is 0.252 e. The number of hydrogen-bond donors (Lipinski definition) is 1. The molecule has 1 saturated carbocycles. The van der Waals surface area contributed by atoms with Crippen molar-refractivity contribution in [1.82, 2.24) is 15.3 Å². The topological polar surface area (TPSA) is 58.1 Å². The second-order valence-corrected chi connectivity index (χ2v) is 9.85. The first kappa shape index (κ1) is 25.2. The van der Waals surface area contributed by atoms with E-state index < -0.39 is 0 Å². The number of rotatable bonds is 5. The number of aryl methyl sites for hydroxylation is 1. The van der Waals surface area contributed by atoms with Crippen LogP contribution in [0.25, 0.3) is 10.9 Å². The standard InChI is InChI=1S/C16H22BrNO.C11H13N3/c1-2-12-7-9-13(10-8-12)11-18-16(19)14-5-3-4-6-15(14)17;1-8-12-10-7-5-4-6-9(10)11(13-8)14(2)3/h3-6,12-13H,2,7-11H2,1H3,(H,18,19);4-7H,1-3H3. The quantitative estimate of drug-likeness (QED) is 0.431. The Morgan fingerprint density at radius 3 is 2.30 bits per heavy atom. The predicted octanol–water partition coefficient (Wildman–Crippen LogP) is 6.40. The van der Waals surface area contributed by atoms with Gasteiger partial charge in [0.05, 0.1) is 11.1 Å². The van der Waals surface area contributed by atoms with E-state index in [0.717, 1.165) is 45.0 Å². The van der Waals surface area contributed by atoms with Crippen LogP contribution in [0.2, 0.25) is 0 Å². The van der Waals surface area contributed by atoms with Gasteiger partial charge in [-0.2, -0.15) is 0 Å². The van der Waals surface area contributed by atoms with Gasteiger partial charge in [0.2, 0.25) is 0 Å². The highest BCUT2D eigenvalue weighted by Crippen LogP contribution is 2.30. The van der Waals surface area contributed by atoms with Crippen molar-refractivity contribution in [2.45, 2.75) is 46.0 Å². The summed E-state index contributed by atoms with van der Waals surface area (Å²) in [5.74, 6) is 3.40. The van der Waals surface area contributed by atoms with Gasteiger partial charge in [-0.05, 0) is 71.8 Å². The maximum atomic E-state index is 12.1. The van der Waals surface area contributed by atoms with Crippen LogP contribution in [0.1, 0.15) is 55.2 Å². The maximum Gasteiger partial charge on any atom is 0.252 e. The average molecular weight is 512 g/mol. The monoisotopic (exact) mass is 510 g/mol. The number of aromatic nitrogens is 2. The van der Waals surface area contributed by atoms with Crippen LogP contribution in [0.4, 0.5) is 5.82 Å². The second kappa shape index (κ2) is 12.1. The Kier molecular flexibility index (Phi) is 9.24. The molecule has 0 saturated heterocycles. The van der Waals surface area contributed by atoms with Crippen molar-refractivity contribution in [1.29, 1.82) is 0 Å². The maximum absolute atomic E-state index is 12.1. The molecule has 0 spiro atoms. The third kappa shape index (κ3) is 7.00. The molecule has 1 heterocycles. The number of carbonyl (C=O) groups is 1. The van der Waals surface area contributed by atoms with E-state index in [0.29, 0.717) is 5.92 Å². The van der Waals surface area contributed by atoms with E-state index in [9.17, 15) is 4.79 Å². The summed E-state index contributed by atoms with van der Waals surface area (Å²) >= 11 is 3.42. The largest absolute Gasteiger partial charge is 0.362 e. The lowest BCUT2D eigenvalue weighted by Gasteiger charge is -2.27. The van der Waals surface area contributed by atoms with Crippen LogP contribution in [-0.4, -0.2) is 36.5 Å². The van der Waals surface area contributed by atoms with Gasteiger partial charge >= 0.3 is 0 Å². The van der Waals surface area contributed by atoms with E-state index in [1.165, 1.54) is 32.1 Å². The average Bonchev–Trinajstić information content (AvgIpc) is 2.83. The van der Waals surface area contributed by atoms with Crippen LogP contribution in [0, 0.1) is 18.8 Å².